The molecule has 0 fully saturated rings. The van der Waals surface area contributed by atoms with Crippen LogP contribution < -0.4 is 15.4 Å². The molecule has 0 aliphatic rings. The largest absolute Gasteiger partial charge is 0.495 e. The van der Waals surface area contributed by atoms with E-state index in [-0.39, 0.29) is 11.6 Å². The summed E-state index contributed by atoms with van der Waals surface area (Å²) in [4.78, 5) is 20.6. The molecule has 0 aliphatic carbocycles. The zero-order chi connectivity index (χ0) is 17.4. The summed E-state index contributed by atoms with van der Waals surface area (Å²) in [7, 11) is 3.22. The van der Waals surface area contributed by atoms with E-state index >= 15 is 0 Å². The van der Waals surface area contributed by atoms with E-state index < -0.39 is 0 Å². The molecule has 2 rings (SSSR count). The van der Waals surface area contributed by atoms with Crippen LogP contribution in [0.2, 0.25) is 0 Å². The molecule has 24 heavy (non-hydrogen) atoms. The standard InChI is InChI=1S/C17H22N4O3/c1-12-5-6-15(24-3)13(9-12)21-17(22)14-10-20-16(11-19-14)18-7-4-8-23-2/h5-6,9-11H,4,7-8H2,1-3H3,(H,18,20)(H,21,22). The Morgan fingerprint density at radius 1 is 1.21 bits per heavy atom. The number of carbonyl (C=O) groups is 1. The first-order chi connectivity index (χ1) is 11.6. The number of aromatic nitrogens is 2. The van der Waals surface area contributed by atoms with Crippen LogP contribution in [0.25, 0.3) is 0 Å². The van der Waals surface area contributed by atoms with Crippen molar-refractivity contribution in [3.05, 3.63) is 41.9 Å². The molecule has 128 valence electrons. The van der Waals surface area contributed by atoms with Crippen LogP contribution in [0.1, 0.15) is 22.5 Å². The zero-order valence-electron chi connectivity index (χ0n) is 14.1. The van der Waals surface area contributed by atoms with Gasteiger partial charge in [0.05, 0.1) is 25.2 Å². The lowest BCUT2D eigenvalue weighted by atomic mass is 10.2. The van der Waals surface area contributed by atoms with Gasteiger partial charge in [-0.2, -0.15) is 0 Å². The summed E-state index contributed by atoms with van der Waals surface area (Å²) in [6, 6.07) is 5.57. The summed E-state index contributed by atoms with van der Waals surface area (Å²) in [5.41, 5.74) is 1.86. The lowest BCUT2D eigenvalue weighted by Crippen LogP contribution is -2.15. The highest BCUT2D eigenvalue weighted by Gasteiger charge is 2.11. The molecule has 7 nitrogen and oxygen atoms in total. The summed E-state index contributed by atoms with van der Waals surface area (Å²) in [6.45, 7) is 3.35. The van der Waals surface area contributed by atoms with Gasteiger partial charge in [0.1, 0.15) is 17.3 Å². The predicted molar refractivity (Wildman–Crippen MR) is 92.7 cm³/mol. The third-order valence-electron chi connectivity index (χ3n) is 3.32. The number of rotatable bonds is 8. The third kappa shape index (κ3) is 4.92. The van der Waals surface area contributed by atoms with E-state index in [9.17, 15) is 4.79 Å². The van der Waals surface area contributed by atoms with Gasteiger partial charge in [-0.15, -0.1) is 0 Å². The molecule has 1 aromatic carbocycles. The van der Waals surface area contributed by atoms with E-state index in [4.69, 9.17) is 9.47 Å². The minimum atomic E-state index is -0.336. The first-order valence-corrected chi connectivity index (χ1v) is 7.65. The molecule has 0 unspecified atom stereocenters. The van der Waals surface area contributed by atoms with Gasteiger partial charge in [-0.3, -0.25) is 4.79 Å². The number of methoxy groups -OCH3 is 2. The molecule has 0 saturated carbocycles. The van der Waals surface area contributed by atoms with Gasteiger partial charge < -0.3 is 20.1 Å². The summed E-state index contributed by atoms with van der Waals surface area (Å²) in [5.74, 6) is 0.881. The molecular formula is C17H22N4O3. The van der Waals surface area contributed by atoms with Crippen LogP contribution in [-0.2, 0) is 4.74 Å². The molecule has 0 aliphatic heterocycles. The number of hydrogen-bond acceptors (Lipinski definition) is 6. The Labute approximate surface area is 141 Å². The fourth-order valence-electron chi connectivity index (χ4n) is 2.08. The molecule has 2 aromatic rings. The molecule has 0 bridgehead atoms. The van der Waals surface area contributed by atoms with Crippen LogP contribution >= 0.6 is 0 Å². The van der Waals surface area contributed by atoms with Gasteiger partial charge in [0.15, 0.2) is 0 Å². The van der Waals surface area contributed by atoms with Crippen LogP contribution in [0, 0.1) is 6.92 Å². The average Bonchev–Trinajstić information content (AvgIpc) is 2.59. The lowest BCUT2D eigenvalue weighted by molar-refractivity contribution is 0.102. The van der Waals surface area contributed by atoms with E-state index in [2.05, 4.69) is 20.6 Å². The molecular weight excluding hydrogens is 308 g/mol. The second-order valence-electron chi connectivity index (χ2n) is 5.22. The van der Waals surface area contributed by atoms with Gasteiger partial charge >= 0.3 is 0 Å². The van der Waals surface area contributed by atoms with Crippen molar-refractivity contribution < 1.29 is 14.3 Å². The highest BCUT2D eigenvalue weighted by Crippen LogP contribution is 2.25. The second kappa shape index (κ2) is 8.83. The monoisotopic (exact) mass is 330 g/mol. The molecule has 0 atom stereocenters. The summed E-state index contributed by atoms with van der Waals surface area (Å²) >= 11 is 0. The van der Waals surface area contributed by atoms with Crippen LogP contribution in [0.15, 0.2) is 30.6 Å². The number of nitrogens with one attached hydrogen (secondary N) is 2. The second-order valence-corrected chi connectivity index (χ2v) is 5.22. The van der Waals surface area contributed by atoms with Gasteiger partial charge in [-0.05, 0) is 31.0 Å². The van der Waals surface area contributed by atoms with Crippen LogP contribution in [0.4, 0.5) is 11.5 Å². The highest BCUT2D eigenvalue weighted by atomic mass is 16.5. The molecule has 1 aromatic heterocycles. The van der Waals surface area contributed by atoms with Gasteiger partial charge in [-0.1, -0.05) is 6.07 Å². The molecule has 1 amide bonds. The Morgan fingerprint density at radius 2 is 2.04 bits per heavy atom. The van der Waals surface area contributed by atoms with Gasteiger partial charge in [0, 0.05) is 20.3 Å². The van der Waals surface area contributed by atoms with E-state index in [1.54, 1.807) is 14.2 Å². The van der Waals surface area contributed by atoms with Crippen molar-refractivity contribution in [2.24, 2.45) is 0 Å². The Balaban J connectivity index is 1.99. The fourth-order valence-corrected chi connectivity index (χ4v) is 2.08. The number of hydrogen-bond donors (Lipinski definition) is 2. The average molecular weight is 330 g/mol. The Hall–Kier alpha value is -2.67. The van der Waals surface area contributed by atoms with Crippen LogP contribution in [0.3, 0.4) is 0 Å². The molecule has 0 spiro atoms. The molecule has 0 saturated heterocycles. The Bertz CT molecular complexity index is 674. The molecule has 1 heterocycles. The predicted octanol–water partition coefficient (Wildman–Crippen LogP) is 2.49. The van der Waals surface area contributed by atoms with Gasteiger partial charge in [0.2, 0.25) is 0 Å². The topological polar surface area (TPSA) is 85.4 Å². The van der Waals surface area contributed by atoms with E-state index in [0.717, 1.165) is 18.5 Å². The maximum Gasteiger partial charge on any atom is 0.275 e. The number of benzene rings is 1. The van der Waals surface area contributed by atoms with Gasteiger partial charge in [0.25, 0.3) is 5.91 Å². The summed E-state index contributed by atoms with van der Waals surface area (Å²) in [5, 5.41) is 5.91. The Kier molecular flexibility index (Phi) is 6.51. The SMILES string of the molecule is COCCCNc1cnc(C(=O)Nc2cc(C)ccc2OC)cn1. The summed E-state index contributed by atoms with van der Waals surface area (Å²) in [6.07, 6.45) is 3.85. The molecule has 0 radical (unpaired) electrons. The molecule has 7 heteroatoms. The van der Waals surface area contributed by atoms with Crippen molar-refractivity contribution >= 4 is 17.4 Å². The maximum absolute atomic E-state index is 12.3. The normalized spacial score (nSPS) is 10.3. The summed E-state index contributed by atoms with van der Waals surface area (Å²) < 4.78 is 10.2. The minimum Gasteiger partial charge on any atom is -0.495 e. The fraction of sp³-hybridized carbons (Fsp3) is 0.353. The highest BCUT2D eigenvalue weighted by molar-refractivity contribution is 6.03. The van der Waals surface area contributed by atoms with Crippen molar-refractivity contribution in [1.29, 1.82) is 0 Å². The maximum atomic E-state index is 12.3. The van der Waals surface area contributed by atoms with E-state index in [1.807, 2.05) is 25.1 Å². The van der Waals surface area contributed by atoms with E-state index in [1.165, 1.54) is 12.4 Å². The van der Waals surface area contributed by atoms with Crippen molar-refractivity contribution in [3.8, 4) is 5.75 Å². The lowest BCUT2D eigenvalue weighted by Gasteiger charge is -2.11. The van der Waals surface area contributed by atoms with Crippen LogP contribution in [0.5, 0.6) is 5.75 Å². The Morgan fingerprint density at radius 3 is 2.71 bits per heavy atom. The first kappa shape index (κ1) is 17.7. The number of carbonyl (C=O) groups excluding carboxylic acids is 1. The van der Waals surface area contributed by atoms with Gasteiger partial charge in [-0.25, -0.2) is 9.97 Å². The van der Waals surface area contributed by atoms with Crippen molar-refractivity contribution in [3.63, 3.8) is 0 Å². The molecule has 2 N–H and O–H groups in total. The number of amides is 1. The van der Waals surface area contributed by atoms with Crippen molar-refractivity contribution in [2.45, 2.75) is 13.3 Å². The quantitative estimate of drug-likeness (QED) is 0.723. The third-order valence-corrected chi connectivity index (χ3v) is 3.32. The number of aryl methyl sites for hydroxylation is 1. The van der Waals surface area contributed by atoms with Crippen LogP contribution in [-0.4, -0.2) is 43.2 Å². The number of anilines is 2. The number of nitrogens with zero attached hydrogens (tertiary/aromatic N) is 2. The van der Waals surface area contributed by atoms with E-state index in [0.29, 0.717) is 23.9 Å². The smallest absolute Gasteiger partial charge is 0.275 e. The minimum absolute atomic E-state index is 0.237. The zero-order valence-corrected chi connectivity index (χ0v) is 14.1. The first-order valence-electron chi connectivity index (χ1n) is 7.65. The van der Waals surface area contributed by atoms with Crippen molar-refractivity contribution in [2.75, 3.05) is 38.0 Å². The number of ether oxygens (including phenoxy) is 2. The van der Waals surface area contributed by atoms with Crippen molar-refractivity contribution in [1.82, 2.24) is 9.97 Å².